The van der Waals surface area contributed by atoms with Crippen molar-refractivity contribution in [2.24, 2.45) is 0 Å². The minimum absolute atomic E-state index is 0.413. The Morgan fingerprint density at radius 2 is 1.04 bits per heavy atom. The molecule has 3 nitrogen and oxygen atoms in total. The van der Waals surface area contributed by atoms with E-state index in [1.54, 1.807) is 0 Å². The molecule has 2 aliphatic rings. The van der Waals surface area contributed by atoms with Crippen LogP contribution in [0.25, 0.3) is 11.1 Å². The second-order valence-electron chi connectivity index (χ2n) is 8.66. The van der Waals surface area contributed by atoms with E-state index in [4.69, 9.17) is 9.31 Å². The summed E-state index contributed by atoms with van der Waals surface area (Å²) in [6.45, 7) is 8.45. The maximum absolute atomic E-state index is 6.67. The minimum Gasteiger partial charge on any atom is -0.345 e. The Morgan fingerprint density at radius 3 is 1.54 bits per heavy atom. The van der Waals surface area contributed by atoms with Crippen LogP contribution >= 0.6 is 0 Å². The van der Waals surface area contributed by atoms with E-state index in [-0.39, 0.29) is 0 Å². The lowest BCUT2D eigenvalue weighted by molar-refractivity contribution is 0.00578. The van der Waals surface area contributed by atoms with Crippen molar-refractivity contribution < 1.29 is 9.31 Å². The number of hydrogen-bond acceptors (Lipinski definition) is 2. The number of benzene rings is 3. The standard InChI is InChI=1S/C24H25BNO2/c1-23(2)24(3,4)28-25(27-23)26(18-12-6-5-7-13-18)21-16-10-8-14-19(21)20-15-9-11-17-22(20)26/h5-17H,1-4H3/q+1. The van der Waals surface area contributed by atoms with Crippen molar-refractivity contribution in [3.63, 3.8) is 0 Å². The molecular formula is C24H25BNO2+. The topological polar surface area (TPSA) is 18.5 Å². The Hall–Kier alpha value is -2.40. The largest absolute Gasteiger partial charge is 0.776 e. The fourth-order valence-electron chi connectivity index (χ4n) is 4.41. The van der Waals surface area contributed by atoms with Gasteiger partial charge < -0.3 is 9.31 Å². The van der Waals surface area contributed by atoms with Crippen molar-refractivity contribution in [2.75, 3.05) is 0 Å². The number of fused-ring (bicyclic) bond motifs is 3. The molecule has 3 aromatic rings. The van der Waals surface area contributed by atoms with Crippen LogP contribution in [0.4, 0.5) is 17.1 Å². The smallest absolute Gasteiger partial charge is 0.345 e. The molecule has 3 aromatic carbocycles. The van der Waals surface area contributed by atoms with Crippen LogP contribution in [0.1, 0.15) is 27.7 Å². The third-order valence-corrected chi connectivity index (χ3v) is 6.58. The number of rotatable bonds is 2. The summed E-state index contributed by atoms with van der Waals surface area (Å²) in [5, 5.41) is 0. The maximum Gasteiger partial charge on any atom is 0.776 e. The van der Waals surface area contributed by atoms with E-state index in [1.165, 1.54) is 22.5 Å². The van der Waals surface area contributed by atoms with Gasteiger partial charge in [0.2, 0.25) is 0 Å². The molecule has 1 saturated heterocycles. The van der Waals surface area contributed by atoms with E-state index in [9.17, 15) is 0 Å². The molecule has 2 aliphatic heterocycles. The highest BCUT2D eigenvalue weighted by Gasteiger charge is 2.68. The van der Waals surface area contributed by atoms with Crippen molar-refractivity contribution >= 4 is 24.3 Å². The Morgan fingerprint density at radius 1 is 0.607 bits per heavy atom. The van der Waals surface area contributed by atoms with Crippen LogP contribution in [-0.2, 0) is 9.31 Å². The normalized spacial score (nSPS) is 20.6. The summed E-state index contributed by atoms with van der Waals surface area (Å²) in [4.78, 5) is 0. The molecule has 2 heterocycles. The quantitative estimate of drug-likeness (QED) is 0.498. The first kappa shape index (κ1) is 17.7. The van der Waals surface area contributed by atoms with E-state index in [0.29, 0.717) is 4.39 Å². The highest BCUT2D eigenvalue weighted by atomic mass is 16.7. The van der Waals surface area contributed by atoms with Gasteiger partial charge in [-0.2, -0.15) is 0 Å². The van der Waals surface area contributed by atoms with Crippen LogP contribution < -0.4 is 4.39 Å². The Bertz CT molecular complexity index is 984. The van der Waals surface area contributed by atoms with E-state index in [0.717, 1.165) is 5.69 Å². The summed E-state index contributed by atoms with van der Waals surface area (Å²) >= 11 is 0. The Kier molecular flexibility index (Phi) is 3.67. The summed E-state index contributed by atoms with van der Waals surface area (Å²) in [6, 6.07) is 27.8. The number of hydrogen-bond donors (Lipinski definition) is 0. The average Bonchev–Trinajstić information content (AvgIpc) is 3.11. The molecule has 28 heavy (non-hydrogen) atoms. The van der Waals surface area contributed by atoms with E-state index < -0.39 is 18.5 Å². The lowest BCUT2D eigenvalue weighted by atomic mass is 9.90. The van der Waals surface area contributed by atoms with Crippen LogP contribution in [0, 0.1) is 0 Å². The number of quaternary nitrogens is 1. The maximum atomic E-state index is 6.67. The zero-order chi connectivity index (χ0) is 19.6. The lowest BCUT2D eigenvalue weighted by Gasteiger charge is -2.35. The minimum atomic E-state index is -0.475. The second-order valence-corrected chi connectivity index (χ2v) is 8.66. The van der Waals surface area contributed by atoms with Crippen molar-refractivity contribution in [1.82, 2.24) is 4.39 Å². The zero-order valence-electron chi connectivity index (χ0n) is 16.8. The molecule has 5 rings (SSSR count). The van der Waals surface area contributed by atoms with Gasteiger partial charge in [-0.1, -0.05) is 42.5 Å². The van der Waals surface area contributed by atoms with Crippen LogP contribution in [0.3, 0.4) is 0 Å². The number of para-hydroxylation sites is 3. The van der Waals surface area contributed by atoms with Gasteiger partial charge >= 0.3 is 7.25 Å². The molecule has 0 amide bonds. The van der Waals surface area contributed by atoms with Crippen LogP contribution in [0.5, 0.6) is 0 Å². The molecule has 0 saturated carbocycles. The van der Waals surface area contributed by atoms with Crippen molar-refractivity contribution in [1.29, 1.82) is 0 Å². The summed E-state index contributed by atoms with van der Waals surface area (Å²) in [5.74, 6) is 0. The van der Waals surface area contributed by atoms with Gasteiger partial charge in [0.15, 0.2) is 0 Å². The summed E-state index contributed by atoms with van der Waals surface area (Å²) in [6.07, 6.45) is 0. The predicted octanol–water partition coefficient (Wildman–Crippen LogP) is 6.23. The Labute approximate surface area is 167 Å². The molecule has 0 spiro atoms. The number of nitrogens with zero attached hydrogens (tertiary/aromatic N) is 1. The van der Waals surface area contributed by atoms with Gasteiger partial charge in [-0.25, -0.2) is 4.39 Å². The van der Waals surface area contributed by atoms with Crippen LogP contribution in [0.2, 0.25) is 0 Å². The molecule has 0 bridgehead atoms. The summed E-state index contributed by atoms with van der Waals surface area (Å²) in [7, 11) is -0.475. The summed E-state index contributed by atoms with van der Waals surface area (Å²) < 4.78 is 13.8. The highest BCUT2D eigenvalue weighted by Crippen LogP contribution is 2.60. The molecule has 0 N–H and O–H groups in total. The van der Waals surface area contributed by atoms with Crippen LogP contribution in [0.15, 0.2) is 78.9 Å². The van der Waals surface area contributed by atoms with Crippen molar-refractivity contribution in [3.8, 4) is 11.1 Å². The third-order valence-electron chi connectivity index (χ3n) is 6.58. The highest BCUT2D eigenvalue weighted by molar-refractivity contribution is 6.52. The lowest BCUT2D eigenvalue weighted by Crippen LogP contribution is -2.53. The molecule has 0 aromatic heterocycles. The van der Waals surface area contributed by atoms with Gasteiger partial charge in [-0.05, 0) is 64.1 Å². The van der Waals surface area contributed by atoms with Gasteiger partial charge in [-0.15, -0.1) is 0 Å². The van der Waals surface area contributed by atoms with E-state index in [2.05, 4.69) is 107 Å². The molecule has 0 aliphatic carbocycles. The fraction of sp³-hybridized carbons (Fsp3) is 0.250. The first-order valence-corrected chi connectivity index (χ1v) is 9.87. The van der Waals surface area contributed by atoms with Gasteiger partial charge in [0.25, 0.3) is 0 Å². The third kappa shape index (κ3) is 2.17. The first-order chi connectivity index (χ1) is 13.4. The molecule has 0 unspecified atom stereocenters. The Balaban J connectivity index is 1.86. The molecular weight excluding hydrogens is 345 g/mol. The molecule has 0 atom stereocenters. The molecule has 140 valence electrons. The van der Waals surface area contributed by atoms with E-state index >= 15 is 0 Å². The van der Waals surface area contributed by atoms with Crippen molar-refractivity contribution in [3.05, 3.63) is 78.9 Å². The first-order valence-electron chi connectivity index (χ1n) is 9.87. The average molecular weight is 370 g/mol. The molecule has 4 heteroatoms. The monoisotopic (exact) mass is 370 g/mol. The second kappa shape index (κ2) is 5.80. The molecule has 0 radical (unpaired) electrons. The zero-order valence-corrected chi connectivity index (χ0v) is 16.8. The van der Waals surface area contributed by atoms with Crippen LogP contribution in [-0.4, -0.2) is 18.5 Å². The van der Waals surface area contributed by atoms with Crippen molar-refractivity contribution in [2.45, 2.75) is 38.9 Å². The fourth-order valence-corrected chi connectivity index (χ4v) is 4.41. The predicted molar refractivity (Wildman–Crippen MR) is 116 cm³/mol. The van der Waals surface area contributed by atoms with Gasteiger partial charge in [-0.3, -0.25) is 0 Å². The summed E-state index contributed by atoms with van der Waals surface area (Å²) in [5.41, 5.74) is 5.16. The van der Waals surface area contributed by atoms with E-state index in [1.807, 2.05) is 0 Å². The SMILES string of the molecule is CC1(C)OB([N+]2(c3ccccc3)c3ccccc3-c3ccccc32)OC1(C)C. The van der Waals surface area contributed by atoms with Gasteiger partial charge in [0, 0.05) is 11.1 Å². The van der Waals surface area contributed by atoms with Gasteiger partial charge in [0.05, 0.1) is 11.2 Å². The van der Waals surface area contributed by atoms with Gasteiger partial charge in [0.1, 0.15) is 17.1 Å². The molecule has 1 fully saturated rings.